The van der Waals surface area contributed by atoms with Gasteiger partial charge in [0.1, 0.15) is 5.82 Å². The lowest BCUT2D eigenvalue weighted by Gasteiger charge is -2.04. The highest BCUT2D eigenvalue weighted by Crippen LogP contribution is 2.44. The summed E-state index contributed by atoms with van der Waals surface area (Å²) in [5, 5.41) is 3.26. The van der Waals surface area contributed by atoms with Gasteiger partial charge in [-0.1, -0.05) is 30.3 Å². The van der Waals surface area contributed by atoms with E-state index in [2.05, 4.69) is 5.10 Å². The summed E-state index contributed by atoms with van der Waals surface area (Å²) in [5.41, 5.74) is 4.80. The quantitative estimate of drug-likeness (QED) is 0.599. The maximum Gasteiger partial charge on any atom is 0.273 e. The van der Waals surface area contributed by atoms with Gasteiger partial charge in [-0.05, 0) is 42.7 Å². The number of rotatable bonds is 3. The molecular formula is C21H16FN3O. The fraction of sp³-hybridized carbons (Fsp3) is 0.143. The Balaban J connectivity index is 1.80. The summed E-state index contributed by atoms with van der Waals surface area (Å²) >= 11 is 0. The third-order valence-electron chi connectivity index (χ3n) is 4.83. The van der Waals surface area contributed by atoms with E-state index in [1.807, 2.05) is 30.3 Å². The normalized spacial score (nSPS) is 14.0. The second kappa shape index (κ2) is 5.66. The minimum absolute atomic E-state index is 0.168. The minimum Gasteiger partial charge on any atom is -0.293 e. The van der Waals surface area contributed by atoms with Crippen LogP contribution < -0.4 is 5.56 Å². The van der Waals surface area contributed by atoms with Crippen molar-refractivity contribution in [2.75, 3.05) is 0 Å². The summed E-state index contributed by atoms with van der Waals surface area (Å²) in [5.74, 6) is 0.134. The number of hydrogen-bond acceptors (Lipinski definition) is 2. The first kappa shape index (κ1) is 15.1. The Labute approximate surface area is 148 Å². The highest BCUT2D eigenvalue weighted by atomic mass is 19.1. The predicted molar refractivity (Wildman–Crippen MR) is 98.6 cm³/mol. The van der Waals surface area contributed by atoms with Gasteiger partial charge in [-0.3, -0.25) is 9.89 Å². The maximum atomic E-state index is 13.2. The van der Waals surface area contributed by atoms with Crippen LogP contribution in [-0.2, 0) is 0 Å². The number of nitrogens with zero attached hydrogens (tertiary/aromatic N) is 2. The molecule has 1 aliphatic rings. The van der Waals surface area contributed by atoms with Gasteiger partial charge in [0, 0.05) is 28.8 Å². The Bertz CT molecular complexity index is 1160. The van der Waals surface area contributed by atoms with Gasteiger partial charge < -0.3 is 0 Å². The molecule has 1 fully saturated rings. The lowest BCUT2D eigenvalue weighted by atomic mass is 10.0. The van der Waals surface area contributed by atoms with Gasteiger partial charge in [0.05, 0.1) is 5.69 Å². The molecular weight excluding hydrogens is 329 g/mol. The first-order valence-corrected chi connectivity index (χ1v) is 8.68. The second-order valence-electron chi connectivity index (χ2n) is 6.69. The smallest absolute Gasteiger partial charge is 0.273 e. The van der Waals surface area contributed by atoms with Crippen molar-refractivity contribution in [1.29, 1.82) is 0 Å². The van der Waals surface area contributed by atoms with Gasteiger partial charge >= 0.3 is 0 Å². The van der Waals surface area contributed by atoms with Crippen molar-refractivity contribution >= 4 is 5.65 Å². The molecule has 0 atom stereocenters. The molecule has 0 bridgehead atoms. The number of fused-ring (bicyclic) bond motifs is 1. The first-order valence-electron chi connectivity index (χ1n) is 8.68. The summed E-state index contributed by atoms with van der Waals surface area (Å²) < 4.78 is 14.7. The zero-order chi connectivity index (χ0) is 17.7. The van der Waals surface area contributed by atoms with Crippen molar-refractivity contribution in [2.45, 2.75) is 18.8 Å². The number of halogens is 1. The molecule has 0 aliphatic heterocycles. The van der Waals surface area contributed by atoms with Gasteiger partial charge in [0.15, 0.2) is 5.65 Å². The average molecular weight is 345 g/mol. The van der Waals surface area contributed by atoms with Crippen LogP contribution in [0.15, 0.2) is 65.5 Å². The molecule has 4 nitrogen and oxygen atoms in total. The molecule has 1 N–H and O–H groups in total. The summed E-state index contributed by atoms with van der Waals surface area (Å²) in [6.07, 6.45) is 2.23. The number of nitrogens with one attached hydrogen (secondary N) is 1. The molecule has 0 amide bonds. The average Bonchev–Trinajstić information content (AvgIpc) is 3.43. The summed E-state index contributed by atoms with van der Waals surface area (Å²) in [6.45, 7) is 0. The summed E-state index contributed by atoms with van der Waals surface area (Å²) in [7, 11) is 0. The Hall–Kier alpha value is -3.21. The van der Waals surface area contributed by atoms with Gasteiger partial charge in [-0.25, -0.2) is 13.9 Å². The lowest BCUT2D eigenvalue weighted by Crippen LogP contribution is -2.14. The Morgan fingerprint density at radius 3 is 2.42 bits per heavy atom. The zero-order valence-corrected chi connectivity index (χ0v) is 13.9. The molecule has 2 aromatic heterocycles. The topological polar surface area (TPSA) is 50.2 Å². The highest BCUT2D eigenvalue weighted by molar-refractivity contribution is 5.82. The highest BCUT2D eigenvalue weighted by Gasteiger charge is 2.30. The monoisotopic (exact) mass is 345 g/mol. The van der Waals surface area contributed by atoms with Crippen LogP contribution in [0.4, 0.5) is 4.39 Å². The Morgan fingerprint density at radius 1 is 1.00 bits per heavy atom. The molecule has 1 saturated carbocycles. The molecule has 5 rings (SSSR count). The van der Waals surface area contributed by atoms with Crippen LogP contribution in [0.25, 0.3) is 28.0 Å². The zero-order valence-electron chi connectivity index (χ0n) is 13.9. The van der Waals surface area contributed by atoms with Crippen LogP contribution in [0.3, 0.4) is 0 Å². The van der Waals surface area contributed by atoms with E-state index < -0.39 is 0 Å². The maximum absolute atomic E-state index is 13.2. The van der Waals surface area contributed by atoms with Crippen LogP contribution in [0.5, 0.6) is 0 Å². The number of hydrogen-bond donors (Lipinski definition) is 1. The van der Waals surface area contributed by atoms with Crippen LogP contribution >= 0.6 is 0 Å². The molecule has 26 heavy (non-hydrogen) atoms. The molecule has 2 heterocycles. The van der Waals surface area contributed by atoms with E-state index in [0.29, 0.717) is 17.3 Å². The molecule has 5 heteroatoms. The van der Waals surface area contributed by atoms with Gasteiger partial charge in [0.25, 0.3) is 5.56 Å². The van der Waals surface area contributed by atoms with Crippen molar-refractivity contribution < 1.29 is 4.39 Å². The standard InChI is InChI=1S/C21H16FN3O/c22-16-10-8-13(9-11-16)17-12-18(26)25-21(23-17)19(14-4-2-1-3-5-14)20(24-25)15-6-7-15/h1-5,8-12,15,24H,6-7H2. The van der Waals surface area contributed by atoms with Crippen LogP contribution in [0.1, 0.15) is 24.5 Å². The number of aromatic nitrogens is 3. The van der Waals surface area contributed by atoms with Crippen molar-refractivity contribution in [1.82, 2.24) is 14.6 Å². The largest absolute Gasteiger partial charge is 0.293 e. The van der Waals surface area contributed by atoms with Gasteiger partial charge in [0.2, 0.25) is 0 Å². The van der Waals surface area contributed by atoms with Crippen LogP contribution in [-0.4, -0.2) is 14.6 Å². The number of benzene rings is 2. The van der Waals surface area contributed by atoms with E-state index in [1.165, 1.54) is 22.7 Å². The predicted octanol–water partition coefficient (Wildman–Crippen LogP) is 4.37. The van der Waals surface area contributed by atoms with E-state index in [4.69, 9.17) is 4.98 Å². The number of H-pyrrole nitrogens is 1. The van der Waals surface area contributed by atoms with E-state index in [0.717, 1.165) is 35.2 Å². The third-order valence-corrected chi connectivity index (χ3v) is 4.83. The van der Waals surface area contributed by atoms with Crippen LogP contribution in [0, 0.1) is 5.82 Å². The van der Waals surface area contributed by atoms with Gasteiger partial charge in [-0.15, -0.1) is 0 Å². The Kier molecular flexibility index (Phi) is 3.28. The summed E-state index contributed by atoms with van der Waals surface area (Å²) in [6, 6.07) is 17.5. The van der Waals surface area contributed by atoms with E-state index in [-0.39, 0.29) is 11.4 Å². The van der Waals surface area contributed by atoms with Crippen molar-refractivity contribution in [3.05, 3.63) is 82.5 Å². The fourth-order valence-corrected chi connectivity index (χ4v) is 3.38. The molecule has 128 valence electrons. The molecule has 4 aromatic rings. The van der Waals surface area contributed by atoms with Crippen LogP contribution in [0.2, 0.25) is 0 Å². The number of aromatic amines is 1. The molecule has 0 spiro atoms. The van der Waals surface area contributed by atoms with Gasteiger partial charge in [-0.2, -0.15) is 0 Å². The van der Waals surface area contributed by atoms with Crippen molar-refractivity contribution in [2.24, 2.45) is 0 Å². The minimum atomic E-state index is -0.311. The van der Waals surface area contributed by atoms with Crippen molar-refractivity contribution in [3.8, 4) is 22.4 Å². The van der Waals surface area contributed by atoms with E-state index in [9.17, 15) is 9.18 Å². The SMILES string of the molecule is O=c1cc(-c2ccc(F)cc2)nc2c(-c3ccccc3)c(C3CC3)[nH]n12. The lowest BCUT2D eigenvalue weighted by molar-refractivity contribution is 0.628. The molecule has 2 aromatic carbocycles. The van der Waals surface area contributed by atoms with E-state index in [1.54, 1.807) is 12.1 Å². The summed E-state index contributed by atoms with van der Waals surface area (Å²) in [4.78, 5) is 17.4. The molecule has 0 saturated heterocycles. The first-order chi connectivity index (χ1) is 12.7. The Morgan fingerprint density at radius 2 is 1.73 bits per heavy atom. The third kappa shape index (κ3) is 2.44. The second-order valence-corrected chi connectivity index (χ2v) is 6.69. The molecule has 0 radical (unpaired) electrons. The van der Waals surface area contributed by atoms with E-state index >= 15 is 0 Å². The fourth-order valence-electron chi connectivity index (χ4n) is 3.38. The molecule has 1 aliphatic carbocycles. The molecule has 0 unspecified atom stereocenters. The van der Waals surface area contributed by atoms with Crippen molar-refractivity contribution in [3.63, 3.8) is 0 Å².